The Bertz CT molecular complexity index is 914. The van der Waals surface area contributed by atoms with Crippen molar-refractivity contribution >= 4 is 11.7 Å². The lowest BCUT2D eigenvalue weighted by Crippen LogP contribution is -2.26. The first-order valence-corrected chi connectivity index (χ1v) is 8.96. The molecule has 0 N–H and O–H groups in total. The van der Waals surface area contributed by atoms with Crippen LogP contribution in [0.2, 0.25) is 0 Å². The molecule has 0 fully saturated rings. The molecule has 3 rings (SSSR count). The number of amides is 1. The van der Waals surface area contributed by atoms with Crippen LogP contribution in [-0.2, 0) is 11.3 Å². The van der Waals surface area contributed by atoms with Gasteiger partial charge in [0.05, 0.1) is 11.9 Å². The van der Waals surface area contributed by atoms with Gasteiger partial charge < -0.3 is 4.90 Å². The number of para-hydroxylation sites is 1. The topological polar surface area (TPSA) is 55.2 Å². The summed E-state index contributed by atoms with van der Waals surface area (Å²) >= 11 is 0. The van der Waals surface area contributed by atoms with E-state index < -0.39 is 0 Å². The van der Waals surface area contributed by atoms with Crippen LogP contribution in [0.15, 0.2) is 67.0 Å². The van der Waals surface area contributed by atoms with Gasteiger partial charge in [0.2, 0.25) is 5.91 Å². The molecule has 1 aromatic heterocycles. The fraction of sp³-hybridized carbons (Fsp3) is 0.227. The summed E-state index contributed by atoms with van der Waals surface area (Å²) in [6, 6.07) is 17.3. The van der Waals surface area contributed by atoms with Gasteiger partial charge in [-0.3, -0.25) is 9.59 Å². The predicted octanol–water partition coefficient (Wildman–Crippen LogP) is 3.80. The summed E-state index contributed by atoms with van der Waals surface area (Å²) in [5.74, 6) is -0.0587. The summed E-state index contributed by atoms with van der Waals surface area (Å²) < 4.78 is 1.79. The van der Waals surface area contributed by atoms with Crippen molar-refractivity contribution in [3.05, 3.63) is 83.7 Å². The number of aromatic nitrogens is 2. The second kappa shape index (κ2) is 8.45. The highest BCUT2D eigenvalue weighted by Gasteiger charge is 2.14. The van der Waals surface area contributed by atoms with Gasteiger partial charge in [-0.15, -0.1) is 0 Å². The lowest BCUT2D eigenvalue weighted by Gasteiger charge is -2.16. The normalized spacial score (nSPS) is 10.6. The average molecular weight is 361 g/mol. The van der Waals surface area contributed by atoms with Gasteiger partial charge >= 0.3 is 0 Å². The van der Waals surface area contributed by atoms with Crippen LogP contribution in [0.25, 0.3) is 5.69 Å². The molecule has 0 unspecified atom stereocenters. The van der Waals surface area contributed by atoms with Crippen molar-refractivity contribution < 1.29 is 9.59 Å². The molecule has 5 heteroatoms. The van der Waals surface area contributed by atoms with Crippen LogP contribution in [0.1, 0.15) is 34.3 Å². The molecule has 27 heavy (non-hydrogen) atoms. The maximum atomic E-state index is 12.4. The summed E-state index contributed by atoms with van der Waals surface area (Å²) in [7, 11) is 1.75. The zero-order valence-corrected chi connectivity index (χ0v) is 15.6. The Morgan fingerprint density at radius 2 is 1.70 bits per heavy atom. The molecule has 3 aromatic rings. The van der Waals surface area contributed by atoms with Gasteiger partial charge in [0.1, 0.15) is 0 Å². The Labute approximate surface area is 159 Å². The zero-order valence-electron chi connectivity index (χ0n) is 15.6. The number of rotatable bonds is 7. The number of carbonyl (C=O) groups excluding carboxylic acids is 2. The number of benzene rings is 2. The number of hydrogen-bond donors (Lipinski definition) is 0. The highest BCUT2D eigenvalue weighted by molar-refractivity contribution is 5.97. The predicted molar refractivity (Wildman–Crippen MR) is 105 cm³/mol. The van der Waals surface area contributed by atoms with Crippen molar-refractivity contribution in [1.29, 1.82) is 0 Å². The quantitative estimate of drug-likeness (QED) is 0.602. The van der Waals surface area contributed by atoms with E-state index >= 15 is 0 Å². The van der Waals surface area contributed by atoms with E-state index in [2.05, 4.69) is 5.10 Å². The molecule has 0 aliphatic carbocycles. The smallest absolute Gasteiger partial charge is 0.223 e. The average Bonchev–Trinajstić information content (AvgIpc) is 3.15. The van der Waals surface area contributed by atoms with Crippen molar-refractivity contribution in [2.75, 3.05) is 7.05 Å². The molecular weight excluding hydrogens is 338 g/mol. The fourth-order valence-electron chi connectivity index (χ4n) is 2.82. The molecular formula is C22H23N3O2. The maximum Gasteiger partial charge on any atom is 0.223 e. The summed E-state index contributed by atoms with van der Waals surface area (Å²) in [5.41, 5.74) is 3.68. The molecule has 0 saturated heterocycles. The van der Waals surface area contributed by atoms with Gasteiger partial charge in [-0.2, -0.15) is 5.10 Å². The van der Waals surface area contributed by atoms with Crippen molar-refractivity contribution in [2.45, 2.75) is 26.3 Å². The zero-order chi connectivity index (χ0) is 19.2. The summed E-state index contributed by atoms with van der Waals surface area (Å²) in [6.07, 6.45) is 4.09. The molecule has 138 valence electrons. The number of hydrogen-bond acceptors (Lipinski definition) is 3. The third-order valence-corrected chi connectivity index (χ3v) is 4.44. The molecule has 0 bridgehead atoms. The first-order valence-electron chi connectivity index (χ1n) is 8.96. The van der Waals surface area contributed by atoms with Crippen LogP contribution in [0.3, 0.4) is 0 Å². The minimum atomic E-state index is -0.0528. The van der Waals surface area contributed by atoms with E-state index in [0.717, 1.165) is 16.8 Å². The molecule has 0 aliphatic rings. The summed E-state index contributed by atoms with van der Waals surface area (Å²) in [5, 5.41) is 4.34. The second-order valence-electron chi connectivity index (χ2n) is 6.67. The van der Waals surface area contributed by atoms with E-state index in [1.54, 1.807) is 22.8 Å². The van der Waals surface area contributed by atoms with Gasteiger partial charge in [-0.1, -0.05) is 48.0 Å². The van der Waals surface area contributed by atoms with Crippen LogP contribution in [0.5, 0.6) is 0 Å². The second-order valence-corrected chi connectivity index (χ2v) is 6.67. The standard InChI is InChI=1S/C22H23N3O2/c1-17-8-10-19(11-9-17)21(26)12-13-22(27)24(2)15-18-14-23-25(16-18)20-6-4-3-5-7-20/h3-11,14,16H,12-13,15H2,1-2H3. The Balaban J connectivity index is 1.53. The number of carbonyl (C=O) groups is 2. The van der Waals surface area contributed by atoms with Gasteiger partial charge in [0.15, 0.2) is 5.78 Å². The minimum Gasteiger partial charge on any atom is -0.341 e. The van der Waals surface area contributed by atoms with E-state index in [9.17, 15) is 9.59 Å². The molecule has 0 spiro atoms. The number of aryl methyl sites for hydroxylation is 1. The minimum absolute atomic E-state index is 0.00588. The molecule has 0 atom stereocenters. The van der Waals surface area contributed by atoms with Crippen molar-refractivity contribution in [2.24, 2.45) is 0 Å². The Kier molecular flexibility index (Phi) is 5.81. The van der Waals surface area contributed by atoms with Gasteiger partial charge in [0, 0.05) is 43.8 Å². The van der Waals surface area contributed by atoms with Crippen LogP contribution < -0.4 is 0 Å². The summed E-state index contributed by atoms with van der Waals surface area (Å²) in [6.45, 7) is 2.44. The lowest BCUT2D eigenvalue weighted by molar-refractivity contribution is -0.130. The monoisotopic (exact) mass is 361 g/mol. The van der Waals surface area contributed by atoms with E-state index in [0.29, 0.717) is 12.1 Å². The van der Waals surface area contributed by atoms with Gasteiger partial charge in [-0.05, 0) is 19.1 Å². The Hall–Kier alpha value is -3.21. The molecule has 5 nitrogen and oxygen atoms in total. The molecule has 0 radical (unpaired) electrons. The van der Waals surface area contributed by atoms with Gasteiger partial charge in [-0.25, -0.2) is 4.68 Å². The van der Waals surface area contributed by atoms with Crippen molar-refractivity contribution in [3.8, 4) is 5.69 Å². The molecule has 1 heterocycles. The highest BCUT2D eigenvalue weighted by Crippen LogP contribution is 2.12. The number of ketones is 1. The molecule has 2 aromatic carbocycles. The fourth-order valence-corrected chi connectivity index (χ4v) is 2.82. The van der Waals surface area contributed by atoms with E-state index in [1.807, 2.05) is 67.7 Å². The number of nitrogens with zero attached hydrogens (tertiary/aromatic N) is 3. The van der Waals surface area contributed by atoms with E-state index in [1.165, 1.54) is 0 Å². The van der Waals surface area contributed by atoms with Crippen molar-refractivity contribution in [1.82, 2.24) is 14.7 Å². The van der Waals surface area contributed by atoms with Crippen LogP contribution >= 0.6 is 0 Å². The molecule has 0 saturated carbocycles. The van der Waals surface area contributed by atoms with Crippen LogP contribution in [0.4, 0.5) is 0 Å². The number of Topliss-reactive ketones (excluding diaryl/α,β-unsaturated/α-hetero) is 1. The molecule has 1 amide bonds. The Morgan fingerprint density at radius 1 is 1.00 bits per heavy atom. The third-order valence-electron chi connectivity index (χ3n) is 4.44. The van der Waals surface area contributed by atoms with Crippen LogP contribution in [0, 0.1) is 6.92 Å². The maximum absolute atomic E-state index is 12.4. The largest absolute Gasteiger partial charge is 0.341 e. The molecule has 0 aliphatic heterocycles. The van der Waals surface area contributed by atoms with E-state index in [4.69, 9.17) is 0 Å². The highest BCUT2D eigenvalue weighted by atomic mass is 16.2. The lowest BCUT2D eigenvalue weighted by atomic mass is 10.0. The first-order chi connectivity index (χ1) is 13.0. The van der Waals surface area contributed by atoms with Crippen molar-refractivity contribution in [3.63, 3.8) is 0 Å². The Morgan fingerprint density at radius 3 is 2.41 bits per heavy atom. The third kappa shape index (κ3) is 4.91. The summed E-state index contributed by atoms with van der Waals surface area (Å²) in [4.78, 5) is 26.2. The van der Waals surface area contributed by atoms with Gasteiger partial charge in [0.25, 0.3) is 0 Å². The van der Waals surface area contributed by atoms with E-state index in [-0.39, 0.29) is 24.5 Å². The first kappa shape index (κ1) is 18.6. The SMILES string of the molecule is Cc1ccc(C(=O)CCC(=O)N(C)Cc2cnn(-c3ccccc3)c2)cc1. The van der Waals surface area contributed by atoms with Crippen LogP contribution in [-0.4, -0.2) is 33.4 Å².